The lowest BCUT2D eigenvalue weighted by Crippen LogP contribution is -2.37. The van der Waals surface area contributed by atoms with Crippen molar-refractivity contribution < 1.29 is 9.90 Å². The van der Waals surface area contributed by atoms with Gasteiger partial charge in [0.15, 0.2) is 5.65 Å². The van der Waals surface area contributed by atoms with Gasteiger partial charge in [0.1, 0.15) is 10.7 Å². The summed E-state index contributed by atoms with van der Waals surface area (Å²) in [6, 6.07) is -0.290. The molecule has 4 rings (SSSR count). The van der Waals surface area contributed by atoms with Crippen molar-refractivity contribution in [3.05, 3.63) is 22.1 Å². The molecular formula is C18H23N5O2S. The Kier molecular flexibility index (Phi) is 4.40. The van der Waals surface area contributed by atoms with Gasteiger partial charge in [-0.3, -0.25) is 4.79 Å². The zero-order chi connectivity index (χ0) is 18.4. The second-order valence-corrected chi connectivity index (χ2v) is 8.09. The summed E-state index contributed by atoms with van der Waals surface area (Å²) in [5, 5.41) is 17.5. The molecule has 0 radical (unpaired) electrons. The highest BCUT2D eigenvalue weighted by Gasteiger charge is 2.27. The maximum Gasteiger partial charge on any atom is 0.291 e. The van der Waals surface area contributed by atoms with Gasteiger partial charge in [-0.2, -0.15) is 4.52 Å². The lowest BCUT2D eigenvalue weighted by Gasteiger charge is -2.18. The van der Waals surface area contributed by atoms with Crippen molar-refractivity contribution >= 4 is 33.1 Å². The molecule has 0 aromatic carbocycles. The molecule has 2 unspecified atom stereocenters. The van der Waals surface area contributed by atoms with Crippen molar-refractivity contribution in [3.63, 3.8) is 0 Å². The molecule has 7 nitrogen and oxygen atoms in total. The largest absolute Gasteiger partial charge is 0.394 e. The molecule has 2 atom stereocenters. The molecule has 138 valence electrons. The van der Waals surface area contributed by atoms with Crippen LogP contribution >= 0.6 is 11.3 Å². The standard InChI is InChI=1S/C18H23N5O2S/c1-4-11(8-24)20-17(25)15-21-16-14-13-9(2)6-5-7-12(13)26-18(14)19-10(3)23(16)22-15/h9,11,24H,4-8H2,1-3H3,(H,20,25). The van der Waals surface area contributed by atoms with Gasteiger partial charge >= 0.3 is 0 Å². The van der Waals surface area contributed by atoms with Crippen LogP contribution in [0.3, 0.4) is 0 Å². The smallest absolute Gasteiger partial charge is 0.291 e. The number of aryl methyl sites for hydroxylation is 2. The van der Waals surface area contributed by atoms with E-state index < -0.39 is 0 Å². The van der Waals surface area contributed by atoms with Gasteiger partial charge in [-0.05, 0) is 44.1 Å². The van der Waals surface area contributed by atoms with E-state index in [4.69, 9.17) is 4.98 Å². The van der Waals surface area contributed by atoms with Gasteiger partial charge in [0.2, 0.25) is 5.82 Å². The average Bonchev–Trinajstić information content (AvgIpc) is 3.21. The van der Waals surface area contributed by atoms with Crippen LogP contribution in [0, 0.1) is 6.92 Å². The van der Waals surface area contributed by atoms with Crippen molar-refractivity contribution in [3.8, 4) is 0 Å². The van der Waals surface area contributed by atoms with E-state index in [0.29, 0.717) is 18.0 Å². The molecule has 1 amide bonds. The van der Waals surface area contributed by atoms with E-state index in [-0.39, 0.29) is 24.4 Å². The van der Waals surface area contributed by atoms with Gasteiger partial charge in [-0.25, -0.2) is 9.97 Å². The predicted molar refractivity (Wildman–Crippen MR) is 101 cm³/mol. The first kappa shape index (κ1) is 17.4. The number of nitrogens with one attached hydrogen (secondary N) is 1. The highest BCUT2D eigenvalue weighted by molar-refractivity contribution is 7.19. The minimum atomic E-state index is -0.362. The molecule has 0 saturated carbocycles. The maximum absolute atomic E-state index is 12.5. The van der Waals surface area contributed by atoms with Crippen LogP contribution in [-0.4, -0.2) is 43.2 Å². The summed E-state index contributed by atoms with van der Waals surface area (Å²) < 4.78 is 1.67. The molecule has 0 spiro atoms. The molecule has 8 heteroatoms. The Labute approximate surface area is 155 Å². The highest BCUT2D eigenvalue weighted by Crippen LogP contribution is 2.42. The number of thiophene rings is 1. The number of rotatable bonds is 4. The van der Waals surface area contributed by atoms with Gasteiger partial charge in [0, 0.05) is 4.88 Å². The lowest BCUT2D eigenvalue weighted by atomic mass is 9.87. The quantitative estimate of drug-likeness (QED) is 0.733. The van der Waals surface area contributed by atoms with Crippen LogP contribution in [0.5, 0.6) is 0 Å². The summed E-state index contributed by atoms with van der Waals surface area (Å²) in [7, 11) is 0. The third-order valence-electron chi connectivity index (χ3n) is 5.19. The first-order valence-corrected chi connectivity index (χ1v) is 9.95. The Morgan fingerprint density at radius 1 is 1.46 bits per heavy atom. The van der Waals surface area contributed by atoms with Crippen molar-refractivity contribution in [1.29, 1.82) is 0 Å². The van der Waals surface area contributed by atoms with Crippen molar-refractivity contribution in [2.24, 2.45) is 0 Å². The Morgan fingerprint density at radius 3 is 3.00 bits per heavy atom. The minimum Gasteiger partial charge on any atom is -0.394 e. The summed E-state index contributed by atoms with van der Waals surface area (Å²) >= 11 is 1.74. The summed E-state index contributed by atoms with van der Waals surface area (Å²) in [6.45, 7) is 5.94. The summed E-state index contributed by atoms with van der Waals surface area (Å²) in [5.41, 5.74) is 2.04. The number of hydrogen-bond donors (Lipinski definition) is 2. The van der Waals surface area contributed by atoms with E-state index in [1.807, 2.05) is 13.8 Å². The fourth-order valence-corrected chi connectivity index (χ4v) is 5.08. The Hall–Kier alpha value is -2.06. The summed E-state index contributed by atoms with van der Waals surface area (Å²) in [6.07, 6.45) is 4.10. The molecule has 3 aromatic rings. The molecule has 3 aromatic heterocycles. The predicted octanol–water partition coefficient (Wildman–Crippen LogP) is 2.59. The molecule has 0 saturated heterocycles. The van der Waals surface area contributed by atoms with E-state index in [1.54, 1.807) is 15.9 Å². The van der Waals surface area contributed by atoms with Crippen LogP contribution in [0.1, 0.15) is 65.9 Å². The molecule has 2 N–H and O–H groups in total. The lowest BCUT2D eigenvalue weighted by molar-refractivity contribution is 0.0904. The summed E-state index contributed by atoms with van der Waals surface area (Å²) in [5.74, 6) is 0.949. The third kappa shape index (κ3) is 2.68. The number of carbonyl (C=O) groups is 1. The van der Waals surface area contributed by atoms with E-state index >= 15 is 0 Å². The number of aromatic nitrogens is 4. The van der Waals surface area contributed by atoms with Gasteiger partial charge < -0.3 is 10.4 Å². The SMILES string of the molecule is CCC(CO)NC(=O)c1nc2c3c4c(sc3nc(C)n2n1)CCCC4C. The number of nitrogens with zero attached hydrogens (tertiary/aromatic N) is 4. The zero-order valence-electron chi connectivity index (χ0n) is 15.2. The normalized spacial score (nSPS) is 18.2. The fraction of sp³-hybridized carbons (Fsp3) is 0.556. The van der Waals surface area contributed by atoms with E-state index in [9.17, 15) is 9.90 Å². The van der Waals surface area contributed by atoms with Crippen LogP contribution in [0.25, 0.3) is 15.9 Å². The van der Waals surface area contributed by atoms with E-state index in [1.165, 1.54) is 16.9 Å². The van der Waals surface area contributed by atoms with Crippen LogP contribution in [0.2, 0.25) is 0 Å². The first-order chi connectivity index (χ1) is 12.5. The van der Waals surface area contributed by atoms with Crippen molar-refractivity contribution in [2.45, 2.75) is 58.4 Å². The molecule has 0 bridgehead atoms. The second kappa shape index (κ2) is 6.59. The first-order valence-electron chi connectivity index (χ1n) is 9.13. The Morgan fingerprint density at radius 2 is 2.27 bits per heavy atom. The number of fused-ring (bicyclic) bond motifs is 5. The molecule has 1 aliphatic carbocycles. The van der Waals surface area contributed by atoms with Gasteiger partial charge in [-0.1, -0.05) is 13.8 Å². The van der Waals surface area contributed by atoms with Gasteiger partial charge in [0.25, 0.3) is 5.91 Å². The molecule has 26 heavy (non-hydrogen) atoms. The highest BCUT2D eigenvalue weighted by atomic mass is 32.1. The zero-order valence-corrected chi connectivity index (χ0v) is 16.1. The molecule has 0 aliphatic heterocycles. The van der Waals surface area contributed by atoms with E-state index in [2.05, 4.69) is 22.3 Å². The van der Waals surface area contributed by atoms with Crippen LogP contribution in [0.15, 0.2) is 0 Å². The number of carbonyl (C=O) groups excluding carboxylic acids is 1. The van der Waals surface area contributed by atoms with Crippen LogP contribution in [-0.2, 0) is 6.42 Å². The van der Waals surface area contributed by atoms with Crippen molar-refractivity contribution in [1.82, 2.24) is 24.9 Å². The number of aliphatic hydroxyl groups excluding tert-OH is 1. The topological polar surface area (TPSA) is 92.4 Å². The van der Waals surface area contributed by atoms with Gasteiger partial charge in [-0.15, -0.1) is 16.4 Å². The number of amides is 1. The third-order valence-corrected chi connectivity index (χ3v) is 6.35. The summed E-state index contributed by atoms with van der Waals surface area (Å²) in [4.78, 5) is 24.2. The van der Waals surface area contributed by atoms with E-state index in [0.717, 1.165) is 28.9 Å². The molecule has 1 aliphatic rings. The number of hydrogen-bond acceptors (Lipinski definition) is 6. The minimum absolute atomic E-state index is 0.101. The number of aliphatic hydroxyl groups is 1. The average molecular weight is 373 g/mol. The second-order valence-electron chi connectivity index (χ2n) is 7.00. The molecular weight excluding hydrogens is 350 g/mol. The Balaban J connectivity index is 1.87. The fourth-order valence-electron chi connectivity index (χ4n) is 3.71. The molecule has 3 heterocycles. The molecule has 0 fully saturated rings. The van der Waals surface area contributed by atoms with Crippen LogP contribution in [0.4, 0.5) is 0 Å². The van der Waals surface area contributed by atoms with Crippen LogP contribution < -0.4 is 5.32 Å². The monoisotopic (exact) mass is 373 g/mol. The Bertz CT molecular complexity index is 989. The maximum atomic E-state index is 12.5. The van der Waals surface area contributed by atoms with Gasteiger partial charge in [0.05, 0.1) is 18.0 Å². The van der Waals surface area contributed by atoms with Crippen molar-refractivity contribution in [2.75, 3.05) is 6.61 Å².